The number of hydrogen-bond donors (Lipinski definition) is 2. The van der Waals surface area contributed by atoms with Crippen LogP contribution in [-0.2, 0) is 0 Å². The first-order valence-electron chi connectivity index (χ1n) is 6.39. The van der Waals surface area contributed by atoms with Gasteiger partial charge in [-0.05, 0) is 52.4 Å². The number of aromatic hydroxyl groups is 1. The average molecular weight is 428 g/mol. The number of fused-ring (bicyclic) bond motifs is 1. The minimum absolute atomic E-state index is 0.0569. The molecule has 0 aliphatic heterocycles. The maximum Gasteiger partial charge on any atom is 0.260 e. The van der Waals surface area contributed by atoms with Crippen molar-refractivity contribution in [2.24, 2.45) is 0 Å². The predicted octanol–water partition coefficient (Wildman–Crippen LogP) is 4.17. The summed E-state index contributed by atoms with van der Waals surface area (Å²) in [5, 5.41) is 11.6. The second-order valence-corrected chi connectivity index (χ2v) is 6.29. The van der Waals surface area contributed by atoms with Crippen LogP contribution in [0.2, 0.25) is 5.02 Å². The van der Waals surface area contributed by atoms with Crippen LogP contribution in [-0.4, -0.2) is 17.2 Å². The number of aromatic nitrogens is 1. The molecule has 0 bridgehead atoms. The van der Waals surface area contributed by atoms with Gasteiger partial charge < -0.3 is 14.8 Å². The molecular formula is C16H11ClINO3. The number of rotatable bonds is 2. The molecule has 0 aliphatic rings. The monoisotopic (exact) mass is 427 g/mol. The third kappa shape index (κ3) is 2.55. The molecule has 22 heavy (non-hydrogen) atoms. The fourth-order valence-corrected chi connectivity index (χ4v) is 2.93. The van der Waals surface area contributed by atoms with E-state index in [9.17, 15) is 9.90 Å². The molecule has 2 N–H and O–H groups in total. The van der Waals surface area contributed by atoms with E-state index in [1.54, 1.807) is 43.5 Å². The zero-order valence-electron chi connectivity index (χ0n) is 11.5. The van der Waals surface area contributed by atoms with E-state index in [1.165, 1.54) is 0 Å². The van der Waals surface area contributed by atoms with Gasteiger partial charge in [-0.15, -0.1) is 0 Å². The lowest BCUT2D eigenvalue weighted by molar-refractivity contribution is 0.415. The first-order chi connectivity index (χ1) is 10.5. The van der Waals surface area contributed by atoms with E-state index >= 15 is 0 Å². The fourth-order valence-electron chi connectivity index (χ4n) is 2.30. The first kappa shape index (κ1) is 15.2. The molecule has 4 nitrogen and oxygen atoms in total. The van der Waals surface area contributed by atoms with Crippen molar-refractivity contribution in [1.29, 1.82) is 0 Å². The van der Waals surface area contributed by atoms with Gasteiger partial charge in [0.1, 0.15) is 11.5 Å². The maximum atomic E-state index is 12.3. The van der Waals surface area contributed by atoms with Gasteiger partial charge in [0.25, 0.3) is 5.56 Å². The summed E-state index contributed by atoms with van der Waals surface area (Å²) in [7, 11) is 1.57. The van der Waals surface area contributed by atoms with Gasteiger partial charge in [0.2, 0.25) is 0 Å². The van der Waals surface area contributed by atoms with Crippen LogP contribution in [0.1, 0.15) is 0 Å². The van der Waals surface area contributed by atoms with Gasteiger partial charge in [-0.1, -0.05) is 23.7 Å². The molecule has 0 fully saturated rings. The predicted molar refractivity (Wildman–Crippen MR) is 95.9 cm³/mol. The smallest absolute Gasteiger partial charge is 0.260 e. The Bertz CT molecular complexity index is 919. The number of hydrogen-bond acceptors (Lipinski definition) is 3. The van der Waals surface area contributed by atoms with Crippen LogP contribution >= 0.6 is 34.2 Å². The first-order valence-corrected chi connectivity index (χ1v) is 7.85. The highest BCUT2D eigenvalue weighted by molar-refractivity contribution is 14.1. The molecule has 0 saturated heterocycles. The zero-order valence-corrected chi connectivity index (χ0v) is 14.4. The number of benzene rings is 2. The van der Waals surface area contributed by atoms with E-state index in [1.807, 2.05) is 0 Å². The van der Waals surface area contributed by atoms with Gasteiger partial charge in [0.05, 0.1) is 23.2 Å². The Morgan fingerprint density at radius 3 is 2.55 bits per heavy atom. The van der Waals surface area contributed by atoms with Gasteiger partial charge in [-0.25, -0.2) is 0 Å². The molecule has 0 saturated carbocycles. The average Bonchev–Trinajstić information content (AvgIpc) is 2.50. The fraction of sp³-hybridized carbons (Fsp3) is 0.0625. The van der Waals surface area contributed by atoms with Crippen molar-refractivity contribution < 1.29 is 9.84 Å². The zero-order chi connectivity index (χ0) is 15.9. The molecule has 2 aromatic carbocycles. The third-order valence-electron chi connectivity index (χ3n) is 3.41. The molecule has 0 amide bonds. The minimum Gasteiger partial charge on any atom is -0.506 e. The van der Waals surface area contributed by atoms with Crippen molar-refractivity contribution in [2.75, 3.05) is 7.11 Å². The highest BCUT2D eigenvalue weighted by Crippen LogP contribution is 2.35. The maximum absolute atomic E-state index is 12.3. The number of H-pyrrole nitrogens is 1. The summed E-state index contributed by atoms with van der Waals surface area (Å²) in [6.45, 7) is 0. The van der Waals surface area contributed by atoms with Crippen molar-refractivity contribution in [3.8, 4) is 22.6 Å². The van der Waals surface area contributed by atoms with Crippen LogP contribution in [0.3, 0.4) is 0 Å². The Kier molecular flexibility index (Phi) is 4.01. The lowest BCUT2D eigenvalue weighted by atomic mass is 10.0. The third-order valence-corrected chi connectivity index (χ3v) is 4.93. The van der Waals surface area contributed by atoms with Gasteiger partial charge >= 0.3 is 0 Å². The van der Waals surface area contributed by atoms with Crippen molar-refractivity contribution in [1.82, 2.24) is 4.98 Å². The van der Waals surface area contributed by atoms with Crippen LogP contribution in [0.5, 0.6) is 11.5 Å². The number of halogens is 2. The van der Waals surface area contributed by atoms with E-state index in [4.69, 9.17) is 16.3 Å². The summed E-state index contributed by atoms with van der Waals surface area (Å²) in [6, 6.07) is 10.3. The summed E-state index contributed by atoms with van der Waals surface area (Å²) in [5.74, 6) is 0.625. The van der Waals surface area contributed by atoms with Crippen molar-refractivity contribution in [3.63, 3.8) is 0 Å². The lowest BCUT2D eigenvalue weighted by Crippen LogP contribution is -2.09. The summed E-state index contributed by atoms with van der Waals surface area (Å²) in [6.07, 6.45) is 0. The molecule has 0 aliphatic carbocycles. The van der Waals surface area contributed by atoms with Gasteiger partial charge in [0.15, 0.2) is 0 Å². The molecule has 0 radical (unpaired) electrons. The highest BCUT2D eigenvalue weighted by Gasteiger charge is 2.15. The Labute approximate surface area is 144 Å². The molecule has 3 rings (SSSR count). The van der Waals surface area contributed by atoms with Gasteiger partial charge in [-0.3, -0.25) is 4.79 Å². The second kappa shape index (κ2) is 5.81. The molecule has 6 heteroatoms. The summed E-state index contributed by atoms with van der Waals surface area (Å²) >= 11 is 8.14. The van der Waals surface area contributed by atoms with E-state index in [2.05, 4.69) is 27.6 Å². The largest absolute Gasteiger partial charge is 0.506 e. The molecule has 0 unspecified atom stereocenters. The van der Waals surface area contributed by atoms with Crippen LogP contribution in [0.15, 0.2) is 41.2 Å². The van der Waals surface area contributed by atoms with E-state index in [0.717, 1.165) is 3.57 Å². The normalized spacial score (nSPS) is 10.9. The molecule has 3 aromatic rings. The molecule has 0 spiro atoms. The Hall–Kier alpha value is -1.73. The number of pyridine rings is 1. The number of aromatic amines is 1. The molecule has 0 atom stereocenters. The lowest BCUT2D eigenvalue weighted by Gasteiger charge is -2.09. The Morgan fingerprint density at radius 1 is 1.23 bits per heavy atom. The SMILES string of the molecule is COc1ccc(-c2c(O)c3cc(I)c(Cl)cc3[nH]c2=O)cc1. The number of nitrogens with one attached hydrogen (secondary N) is 1. The van der Waals surface area contributed by atoms with Crippen LogP contribution < -0.4 is 10.3 Å². The quantitative estimate of drug-likeness (QED) is 0.604. The van der Waals surface area contributed by atoms with E-state index < -0.39 is 0 Å². The number of ether oxygens (including phenoxy) is 1. The second-order valence-electron chi connectivity index (χ2n) is 4.72. The molecule has 1 aromatic heterocycles. The van der Waals surface area contributed by atoms with Gasteiger partial charge in [0, 0.05) is 8.96 Å². The van der Waals surface area contributed by atoms with Crippen molar-refractivity contribution in [3.05, 3.63) is 55.3 Å². The van der Waals surface area contributed by atoms with Crippen LogP contribution in [0, 0.1) is 3.57 Å². The van der Waals surface area contributed by atoms with E-state index in [0.29, 0.717) is 27.2 Å². The topological polar surface area (TPSA) is 62.3 Å². The van der Waals surface area contributed by atoms with Gasteiger partial charge in [-0.2, -0.15) is 0 Å². The van der Waals surface area contributed by atoms with E-state index in [-0.39, 0.29) is 16.9 Å². The molecular weight excluding hydrogens is 417 g/mol. The van der Waals surface area contributed by atoms with Crippen molar-refractivity contribution in [2.45, 2.75) is 0 Å². The molecule has 1 heterocycles. The van der Waals surface area contributed by atoms with Crippen LogP contribution in [0.4, 0.5) is 0 Å². The minimum atomic E-state index is -0.368. The summed E-state index contributed by atoms with van der Waals surface area (Å²) in [4.78, 5) is 15.1. The highest BCUT2D eigenvalue weighted by atomic mass is 127. The van der Waals surface area contributed by atoms with Crippen LogP contribution in [0.25, 0.3) is 22.0 Å². The Morgan fingerprint density at radius 2 is 1.91 bits per heavy atom. The number of methoxy groups -OCH3 is 1. The standard InChI is InChI=1S/C16H11ClINO3/c1-22-9-4-2-8(3-5-9)14-15(20)10-6-12(18)11(17)7-13(10)19-16(14)21/h2-7H,1H3,(H2,19,20,21). The Balaban J connectivity index is 2.29. The summed E-state index contributed by atoms with van der Waals surface area (Å²) in [5.41, 5.74) is 0.984. The molecule has 112 valence electrons. The van der Waals surface area contributed by atoms with Crippen molar-refractivity contribution >= 4 is 45.1 Å². The summed E-state index contributed by atoms with van der Waals surface area (Å²) < 4.78 is 5.90.